The van der Waals surface area contributed by atoms with Gasteiger partial charge in [-0.25, -0.2) is 8.42 Å². The maximum atomic E-state index is 12.0. The fraction of sp³-hybridized carbons (Fsp3) is 0.273. The SMILES string of the molecule is Cc1c(NS(C)(=O)=O)cccc1N(Cc1ccc(Cl)cc1)Cc1ccc(Oc2cccc(OCC3CCOC3)c2)cc1. The largest absolute Gasteiger partial charge is 0.493 e. The van der Waals surface area contributed by atoms with Crippen LogP contribution in [0.5, 0.6) is 17.2 Å². The number of sulfonamides is 1. The average molecular weight is 607 g/mol. The van der Waals surface area contributed by atoms with E-state index in [2.05, 4.69) is 9.62 Å². The minimum absolute atomic E-state index is 0.434. The average Bonchev–Trinajstić information content (AvgIpc) is 3.48. The van der Waals surface area contributed by atoms with Gasteiger partial charge in [-0.3, -0.25) is 4.72 Å². The molecule has 0 aliphatic carbocycles. The molecular weight excluding hydrogens is 572 g/mol. The fourth-order valence-corrected chi connectivity index (χ4v) is 5.64. The maximum Gasteiger partial charge on any atom is 0.229 e. The molecule has 4 aromatic rings. The first-order valence-corrected chi connectivity index (χ1v) is 16.1. The van der Waals surface area contributed by atoms with Crippen LogP contribution in [0, 0.1) is 12.8 Å². The highest BCUT2D eigenvalue weighted by Gasteiger charge is 2.17. The molecule has 1 aliphatic heterocycles. The molecule has 9 heteroatoms. The minimum Gasteiger partial charge on any atom is -0.493 e. The van der Waals surface area contributed by atoms with Gasteiger partial charge in [0.15, 0.2) is 0 Å². The Balaban J connectivity index is 1.31. The van der Waals surface area contributed by atoms with Gasteiger partial charge in [0.05, 0.1) is 25.2 Å². The van der Waals surface area contributed by atoms with Crippen LogP contribution in [0.15, 0.2) is 91.0 Å². The predicted octanol–water partition coefficient (Wildman–Crippen LogP) is 7.43. The maximum absolute atomic E-state index is 12.0. The van der Waals surface area contributed by atoms with Gasteiger partial charge in [0.25, 0.3) is 0 Å². The van der Waals surface area contributed by atoms with E-state index >= 15 is 0 Å². The van der Waals surface area contributed by atoms with E-state index in [1.165, 1.54) is 0 Å². The molecule has 1 fully saturated rings. The lowest BCUT2D eigenvalue weighted by molar-refractivity contribution is 0.167. The first-order valence-electron chi connectivity index (χ1n) is 13.9. The summed E-state index contributed by atoms with van der Waals surface area (Å²) < 4.78 is 44.1. The smallest absolute Gasteiger partial charge is 0.229 e. The molecule has 1 saturated heterocycles. The normalized spacial score (nSPS) is 14.9. The third kappa shape index (κ3) is 8.41. The number of halogens is 1. The van der Waals surface area contributed by atoms with Crippen LogP contribution in [0.1, 0.15) is 23.1 Å². The molecule has 4 aromatic carbocycles. The van der Waals surface area contributed by atoms with Crippen LogP contribution in [0.3, 0.4) is 0 Å². The molecule has 0 amide bonds. The summed E-state index contributed by atoms with van der Waals surface area (Å²) in [4.78, 5) is 2.22. The quantitative estimate of drug-likeness (QED) is 0.181. The van der Waals surface area contributed by atoms with E-state index in [1.54, 1.807) is 6.07 Å². The summed E-state index contributed by atoms with van der Waals surface area (Å²) in [6, 6.07) is 29.0. The van der Waals surface area contributed by atoms with Crippen molar-refractivity contribution in [3.05, 3.63) is 113 Å². The Morgan fingerprint density at radius 2 is 1.57 bits per heavy atom. The predicted molar refractivity (Wildman–Crippen MR) is 168 cm³/mol. The zero-order chi connectivity index (χ0) is 29.5. The molecule has 1 aliphatic rings. The molecule has 0 spiro atoms. The van der Waals surface area contributed by atoms with E-state index in [1.807, 2.05) is 91.9 Å². The zero-order valence-corrected chi connectivity index (χ0v) is 25.3. The van der Waals surface area contributed by atoms with Gasteiger partial charge in [-0.15, -0.1) is 0 Å². The molecule has 42 heavy (non-hydrogen) atoms. The van der Waals surface area contributed by atoms with Gasteiger partial charge in [-0.1, -0.05) is 48.0 Å². The Labute approximate surface area is 253 Å². The summed E-state index contributed by atoms with van der Waals surface area (Å²) >= 11 is 6.12. The Bertz CT molecular complexity index is 1590. The molecule has 0 aromatic heterocycles. The number of hydrogen-bond acceptors (Lipinski definition) is 6. The summed E-state index contributed by atoms with van der Waals surface area (Å²) in [7, 11) is -3.42. The number of anilines is 2. The number of rotatable bonds is 12. The monoisotopic (exact) mass is 606 g/mol. The molecule has 7 nitrogen and oxygen atoms in total. The molecule has 5 rings (SSSR count). The van der Waals surface area contributed by atoms with Crippen molar-refractivity contribution in [1.29, 1.82) is 0 Å². The van der Waals surface area contributed by atoms with Gasteiger partial charge >= 0.3 is 0 Å². The summed E-state index contributed by atoms with van der Waals surface area (Å²) in [6.45, 7) is 5.32. The minimum atomic E-state index is -3.42. The topological polar surface area (TPSA) is 77.1 Å². The van der Waals surface area contributed by atoms with Crippen LogP contribution >= 0.6 is 11.6 Å². The van der Waals surface area contributed by atoms with E-state index < -0.39 is 10.0 Å². The number of benzene rings is 4. The van der Waals surface area contributed by atoms with Crippen molar-refractivity contribution in [2.75, 3.05) is 35.7 Å². The van der Waals surface area contributed by atoms with E-state index in [9.17, 15) is 8.42 Å². The van der Waals surface area contributed by atoms with Gasteiger partial charge in [0.2, 0.25) is 10.0 Å². The highest BCUT2D eigenvalue weighted by Crippen LogP contribution is 2.31. The van der Waals surface area contributed by atoms with Crippen molar-refractivity contribution in [3.8, 4) is 17.2 Å². The fourth-order valence-electron chi connectivity index (χ4n) is 4.89. The van der Waals surface area contributed by atoms with Crippen LogP contribution in [-0.4, -0.2) is 34.5 Å². The molecular formula is C33H35ClN2O5S. The van der Waals surface area contributed by atoms with E-state index in [0.29, 0.717) is 42.1 Å². The van der Waals surface area contributed by atoms with Gasteiger partial charge < -0.3 is 19.1 Å². The first-order chi connectivity index (χ1) is 20.2. The summed E-state index contributed by atoms with van der Waals surface area (Å²) in [5, 5.41) is 0.678. The van der Waals surface area contributed by atoms with E-state index in [0.717, 1.165) is 59.8 Å². The summed E-state index contributed by atoms with van der Waals surface area (Å²) in [5.41, 5.74) is 4.50. The molecule has 1 atom stereocenters. The van der Waals surface area contributed by atoms with Crippen molar-refractivity contribution in [2.24, 2.45) is 5.92 Å². The molecule has 1 N–H and O–H groups in total. The molecule has 1 unspecified atom stereocenters. The standard InChI is InChI=1S/C33H35ClN2O5S/c1-24-32(35-42(2,37)38)7-4-8-33(24)36(20-25-9-13-28(34)14-10-25)21-26-11-15-29(16-12-26)41-31-6-3-5-30(19-31)40-23-27-17-18-39-22-27/h3-16,19,27,35H,17-18,20-23H2,1-2H3. The van der Waals surface area contributed by atoms with Crippen LogP contribution in [0.25, 0.3) is 0 Å². The molecule has 220 valence electrons. The van der Waals surface area contributed by atoms with Crippen molar-refractivity contribution in [1.82, 2.24) is 0 Å². The van der Waals surface area contributed by atoms with Gasteiger partial charge in [0.1, 0.15) is 17.2 Å². The molecule has 0 saturated carbocycles. The van der Waals surface area contributed by atoms with Crippen molar-refractivity contribution in [2.45, 2.75) is 26.4 Å². The third-order valence-electron chi connectivity index (χ3n) is 7.08. The Morgan fingerprint density at radius 3 is 2.24 bits per heavy atom. The van der Waals surface area contributed by atoms with Crippen LogP contribution < -0.4 is 19.1 Å². The van der Waals surface area contributed by atoms with E-state index in [-0.39, 0.29) is 0 Å². The lowest BCUT2D eigenvalue weighted by atomic mass is 10.1. The van der Waals surface area contributed by atoms with Gasteiger partial charge in [-0.2, -0.15) is 0 Å². The summed E-state index contributed by atoms with van der Waals surface area (Å²) in [5.74, 6) is 2.64. The van der Waals surface area contributed by atoms with Crippen LogP contribution in [-0.2, 0) is 27.8 Å². The zero-order valence-electron chi connectivity index (χ0n) is 23.8. The lowest BCUT2D eigenvalue weighted by Crippen LogP contribution is -2.23. The van der Waals surface area contributed by atoms with Crippen LogP contribution in [0.2, 0.25) is 5.02 Å². The van der Waals surface area contributed by atoms with Crippen LogP contribution in [0.4, 0.5) is 11.4 Å². The number of nitrogens with zero attached hydrogens (tertiary/aromatic N) is 1. The Morgan fingerprint density at radius 1 is 0.905 bits per heavy atom. The number of ether oxygens (including phenoxy) is 3. The molecule has 1 heterocycles. The highest BCUT2D eigenvalue weighted by atomic mass is 35.5. The third-order valence-corrected chi connectivity index (χ3v) is 7.92. The lowest BCUT2D eigenvalue weighted by Gasteiger charge is -2.28. The van der Waals surface area contributed by atoms with Crippen molar-refractivity contribution >= 4 is 33.0 Å². The van der Waals surface area contributed by atoms with Gasteiger partial charge in [-0.05, 0) is 78.6 Å². The van der Waals surface area contributed by atoms with Crippen molar-refractivity contribution < 1.29 is 22.6 Å². The second kappa shape index (κ2) is 13.5. The Hall–Kier alpha value is -3.72. The Kier molecular flexibility index (Phi) is 9.57. The second-order valence-corrected chi connectivity index (χ2v) is 12.8. The molecule has 0 radical (unpaired) electrons. The highest BCUT2D eigenvalue weighted by molar-refractivity contribution is 7.92. The van der Waals surface area contributed by atoms with E-state index in [4.69, 9.17) is 25.8 Å². The number of nitrogens with one attached hydrogen (secondary N) is 1. The molecule has 0 bridgehead atoms. The number of hydrogen-bond donors (Lipinski definition) is 1. The first kappa shape index (κ1) is 29.8. The van der Waals surface area contributed by atoms with Gasteiger partial charge in [0, 0.05) is 42.4 Å². The van der Waals surface area contributed by atoms with Crippen molar-refractivity contribution in [3.63, 3.8) is 0 Å². The summed E-state index contributed by atoms with van der Waals surface area (Å²) in [6.07, 6.45) is 2.19. The second-order valence-electron chi connectivity index (χ2n) is 10.6.